The standard InChI is InChI=1S/C12H20N2O3/c1-3-10-12(16)14(7-11(15)13-10)6-9-5-4-8(2)17-9/h8-10H,3-7H2,1-2H3,(H,13,15). The van der Waals surface area contributed by atoms with Crippen LogP contribution in [-0.2, 0) is 14.3 Å². The zero-order valence-corrected chi connectivity index (χ0v) is 10.4. The smallest absolute Gasteiger partial charge is 0.245 e. The molecule has 2 fully saturated rings. The Kier molecular flexibility index (Phi) is 3.66. The first kappa shape index (κ1) is 12.4. The van der Waals surface area contributed by atoms with Crippen LogP contribution in [0.1, 0.15) is 33.1 Å². The molecule has 17 heavy (non-hydrogen) atoms. The van der Waals surface area contributed by atoms with Gasteiger partial charge in [0.05, 0.1) is 18.8 Å². The minimum absolute atomic E-state index is 0.0234. The van der Waals surface area contributed by atoms with E-state index < -0.39 is 0 Å². The maximum atomic E-state index is 12.0. The number of amides is 2. The van der Waals surface area contributed by atoms with Crippen molar-refractivity contribution in [2.75, 3.05) is 13.1 Å². The molecule has 2 saturated heterocycles. The highest BCUT2D eigenvalue weighted by Gasteiger charge is 2.34. The molecule has 0 aliphatic carbocycles. The van der Waals surface area contributed by atoms with Crippen molar-refractivity contribution in [2.24, 2.45) is 0 Å². The topological polar surface area (TPSA) is 58.6 Å². The SMILES string of the molecule is CCC1NC(=O)CN(CC2CCC(C)O2)C1=O. The summed E-state index contributed by atoms with van der Waals surface area (Å²) < 4.78 is 5.69. The van der Waals surface area contributed by atoms with Crippen molar-refractivity contribution in [3.63, 3.8) is 0 Å². The normalized spacial score (nSPS) is 34.0. The minimum atomic E-state index is -0.352. The Morgan fingerprint density at radius 2 is 2.18 bits per heavy atom. The fraction of sp³-hybridized carbons (Fsp3) is 0.833. The zero-order chi connectivity index (χ0) is 12.4. The minimum Gasteiger partial charge on any atom is -0.373 e. The predicted molar refractivity (Wildman–Crippen MR) is 62.4 cm³/mol. The number of rotatable bonds is 3. The van der Waals surface area contributed by atoms with E-state index in [0.717, 1.165) is 12.8 Å². The molecule has 2 amide bonds. The van der Waals surface area contributed by atoms with E-state index in [-0.39, 0.29) is 36.6 Å². The number of hydrogen-bond acceptors (Lipinski definition) is 3. The second-order valence-corrected chi connectivity index (χ2v) is 4.89. The second-order valence-electron chi connectivity index (χ2n) is 4.89. The summed E-state index contributed by atoms with van der Waals surface area (Å²) in [5, 5.41) is 2.71. The van der Waals surface area contributed by atoms with Crippen molar-refractivity contribution in [3.8, 4) is 0 Å². The molecule has 0 spiro atoms. The first-order valence-electron chi connectivity index (χ1n) is 6.33. The molecule has 2 aliphatic rings. The fourth-order valence-electron chi connectivity index (χ4n) is 2.47. The summed E-state index contributed by atoms with van der Waals surface area (Å²) >= 11 is 0. The van der Waals surface area contributed by atoms with Gasteiger partial charge in [0.15, 0.2) is 0 Å². The number of ether oxygens (including phenoxy) is 1. The van der Waals surface area contributed by atoms with Crippen LogP contribution in [-0.4, -0.2) is 48.1 Å². The first-order chi connectivity index (χ1) is 8.10. The van der Waals surface area contributed by atoms with Gasteiger partial charge in [0, 0.05) is 6.54 Å². The Morgan fingerprint density at radius 1 is 1.41 bits per heavy atom. The van der Waals surface area contributed by atoms with Crippen LogP contribution >= 0.6 is 0 Å². The number of carbonyl (C=O) groups is 2. The lowest BCUT2D eigenvalue weighted by atomic mass is 10.1. The van der Waals surface area contributed by atoms with E-state index in [4.69, 9.17) is 4.74 Å². The molecule has 96 valence electrons. The van der Waals surface area contributed by atoms with E-state index in [2.05, 4.69) is 5.32 Å². The molecule has 0 bridgehead atoms. The summed E-state index contributed by atoms with van der Waals surface area (Å²) in [4.78, 5) is 25.1. The molecule has 2 heterocycles. The van der Waals surface area contributed by atoms with Gasteiger partial charge in [-0.25, -0.2) is 0 Å². The van der Waals surface area contributed by atoms with E-state index in [1.165, 1.54) is 0 Å². The molecule has 3 unspecified atom stereocenters. The molecule has 5 heteroatoms. The number of nitrogens with one attached hydrogen (secondary N) is 1. The third-order valence-electron chi connectivity index (χ3n) is 3.43. The Bertz CT molecular complexity index is 319. The summed E-state index contributed by atoms with van der Waals surface area (Å²) in [7, 11) is 0. The number of hydrogen-bond donors (Lipinski definition) is 1. The van der Waals surface area contributed by atoms with Crippen molar-refractivity contribution in [1.82, 2.24) is 10.2 Å². The Balaban J connectivity index is 1.94. The fourth-order valence-corrected chi connectivity index (χ4v) is 2.47. The largest absolute Gasteiger partial charge is 0.373 e. The summed E-state index contributed by atoms with van der Waals surface area (Å²) in [6.07, 6.45) is 3.02. The van der Waals surface area contributed by atoms with Crippen LogP contribution in [0.15, 0.2) is 0 Å². The first-order valence-corrected chi connectivity index (χ1v) is 6.33. The van der Waals surface area contributed by atoms with Gasteiger partial charge in [0.1, 0.15) is 6.04 Å². The van der Waals surface area contributed by atoms with Crippen LogP contribution < -0.4 is 5.32 Å². The highest BCUT2D eigenvalue weighted by atomic mass is 16.5. The van der Waals surface area contributed by atoms with Crippen molar-refractivity contribution in [1.29, 1.82) is 0 Å². The third-order valence-corrected chi connectivity index (χ3v) is 3.43. The molecule has 3 atom stereocenters. The quantitative estimate of drug-likeness (QED) is 0.771. The van der Waals surface area contributed by atoms with Crippen LogP contribution in [0.25, 0.3) is 0 Å². The average Bonchev–Trinajstić information content (AvgIpc) is 2.69. The molecule has 0 aromatic rings. The van der Waals surface area contributed by atoms with Gasteiger partial charge in [-0.1, -0.05) is 6.92 Å². The lowest BCUT2D eigenvalue weighted by Crippen LogP contribution is -2.59. The van der Waals surface area contributed by atoms with Crippen molar-refractivity contribution < 1.29 is 14.3 Å². The lowest BCUT2D eigenvalue weighted by molar-refractivity contribution is -0.146. The summed E-state index contributed by atoms with van der Waals surface area (Å²) in [6, 6.07) is -0.352. The van der Waals surface area contributed by atoms with Crippen molar-refractivity contribution in [2.45, 2.75) is 51.4 Å². The van der Waals surface area contributed by atoms with Gasteiger partial charge in [-0.05, 0) is 26.2 Å². The van der Waals surface area contributed by atoms with E-state index in [9.17, 15) is 9.59 Å². The van der Waals surface area contributed by atoms with Gasteiger partial charge in [0.25, 0.3) is 0 Å². The van der Waals surface area contributed by atoms with E-state index >= 15 is 0 Å². The van der Waals surface area contributed by atoms with Crippen LogP contribution in [0.2, 0.25) is 0 Å². The maximum absolute atomic E-state index is 12.0. The van der Waals surface area contributed by atoms with E-state index in [0.29, 0.717) is 13.0 Å². The highest BCUT2D eigenvalue weighted by Crippen LogP contribution is 2.20. The lowest BCUT2D eigenvalue weighted by Gasteiger charge is -2.33. The van der Waals surface area contributed by atoms with Crippen LogP contribution in [0, 0.1) is 0 Å². The number of piperazine rings is 1. The molecular formula is C12H20N2O3. The van der Waals surface area contributed by atoms with Crippen LogP contribution in [0.5, 0.6) is 0 Å². The second kappa shape index (κ2) is 5.04. The average molecular weight is 240 g/mol. The summed E-state index contributed by atoms with van der Waals surface area (Å²) in [5.41, 5.74) is 0. The van der Waals surface area contributed by atoms with Gasteiger partial charge < -0.3 is 15.0 Å². The van der Waals surface area contributed by atoms with Gasteiger partial charge >= 0.3 is 0 Å². The molecule has 0 aromatic heterocycles. The number of carbonyl (C=O) groups excluding carboxylic acids is 2. The molecule has 0 aromatic carbocycles. The van der Waals surface area contributed by atoms with Crippen LogP contribution in [0.3, 0.4) is 0 Å². The third kappa shape index (κ3) is 2.77. The van der Waals surface area contributed by atoms with Crippen molar-refractivity contribution >= 4 is 11.8 Å². The highest BCUT2D eigenvalue weighted by molar-refractivity contribution is 5.94. The molecular weight excluding hydrogens is 220 g/mol. The molecule has 1 N–H and O–H groups in total. The van der Waals surface area contributed by atoms with Gasteiger partial charge in [-0.15, -0.1) is 0 Å². The number of nitrogens with zero attached hydrogens (tertiary/aromatic N) is 1. The maximum Gasteiger partial charge on any atom is 0.245 e. The molecule has 0 radical (unpaired) electrons. The zero-order valence-electron chi connectivity index (χ0n) is 10.4. The van der Waals surface area contributed by atoms with Crippen LogP contribution in [0.4, 0.5) is 0 Å². The summed E-state index contributed by atoms with van der Waals surface area (Å²) in [6.45, 7) is 4.66. The monoisotopic (exact) mass is 240 g/mol. The predicted octanol–water partition coefficient (Wildman–Crippen LogP) is 0.291. The molecule has 5 nitrogen and oxygen atoms in total. The molecule has 0 saturated carbocycles. The van der Waals surface area contributed by atoms with E-state index in [1.54, 1.807) is 4.90 Å². The van der Waals surface area contributed by atoms with Gasteiger partial charge in [0.2, 0.25) is 11.8 Å². The Hall–Kier alpha value is -1.10. The summed E-state index contributed by atoms with van der Waals surface area (Å²) in [5.74, 6) is -0.0438. The van der Waals surface area contributed by atoms with Gasteiger partial charge in [-0.3, -0.25) is 9.59 Å². The Morgan fingerprint density at radius 3 is 2.76 bits per heavy atom. The Labute approximate surface area is 101 Å². The van der Waals surface area contributed by atoms with Gasteiger partial charge in [-0.2, -0.15) is 0 Å². The molecule has 2 rings (SSSR count). The van der Waals surface area contributed by atoms with Crippen molar-refractivity contribution in [3.05, 3.63) is 0 Å². The molecule has 2 aliphatic heterocycles. The van der Waals surface area contributed by atoms with E-state index in [1.807, 2.05) is 13.8 Å².